The van der Waals surface area contributed by atoms with Gasteiger partial charge < -0.3 is 18.6 Å². The number of benzene rings is 12. The predicted octanol–water partition coefficient (Wildman–Crippen LogP) is 19.7. The van der Waals surface area contributed by atoms with Crippen molar-refractivity contribution >= 4 is 99.5 Å². The minimum Gasteiger partial charge on any atom is -0.456 e. The summed E-state index contributed by atoms with van der Waals surface area (Å²) in [5.74, 6) is 0. The van der Waals surface area contributed by atoms with Gasteiger partial charge in [-0.25, -0.2) is 0 Å². The van der Waals surface area contributed by atoms with Crippen molar-refractivity contribution < 1.29 is 8.83 Å². The Balaban J connectivity index is 1.01. The van der Waals surface area contributed by atoms with Crippen molar-refractivity contribution in [3.8, 4) is 33.4 Å². The zero-order chi connectivity index (χ0) is 47.5. The molecule has 4 heteroatoms. The number of hydrogen-bond acceptors (Lipinski definition) is 4. The zero-order valence-corrected chi connectivity index (χ0v) is 39.1. The highest BCUT2D eigenvalue weighted by molar-refractivity contribution is 6.23. The molecule has 0 unspecified atom stereocenters. The summed E-state index contributed by atoms with van der Waals surface area (Å²) >= 11 is 0. The van der Waals surface area contributed by atoms with Crippen LogP contribution in [0.25, 0.3) is 98.8 Å². The van der Waals surface area contributed by atoms with E-state index >= 15 is 0 Å². The first-order valence-corrected chi connectivity index (χ1v) is 24.5. The highest BCUT2D eigenvalue weighted by Crippen LogP contribution is 2.51. The molecule has 0 aliphatic carbocycles. The second-order valence-corrected chi connectivity index (χ2v) is 18.4. The largest absolute Gasteiger partial charge is 0.456 e. The molecule has 0 radical (unpaired) electrons. The SMILES string of the molecule is c1ccc(-c2cccc(N(c3ccccc3-c3ccccc3N(c3ccc(-c4ccc5ccccc5c4)cc3)c3cccc4oc5ccc6ccccc6c5c34)c3cccc4oc5ccccc5c34)c2)cc1. The van der Waals surface area contributed by atoms with Crippen molar-refractivity contribution in [2.75, 3.05) is 9.80 Å². The first-order chi connectivity index (χ1) is 35.7. The molecule has 12 aromatic carbocycles. The van der Waals surface area contributed by atoms with Gasteiger partial charge in [-0.05, 0) is 123 Å². The van der Waals surface area contributed by atoms with Crippen LogP contribution in [0.4, 0.5) is 34.1 Å². The van der Waals surface area contributed by atoms with Gasteiger partial charge in [0.1, 0.15) is 22.3 Å². The molecule has 0 aliphatic rings. The maximum atomic E-state index is 6.76. The average molecular weight is 921 g/mol. The molecule has 0 fully saturated rings. The summed E-state index contributed by atoms with van der Waals surface area (Å²) in [7, 11) is 0. The molecule has 0 saturated carbocycles. The lowest BCUT2D eigenvalue weighted by Crippen LogP contribution is -2.14. The molecule has 338 valence electrons. The number of fused-ring (bicyclic) bond motifs is 9. The summed E-state index contributed by atoms with van der Waals surface area (Å²) in [5.41, 5.74) is 16.3. The highest BCUT2D eigenvalue weighted by Gasteiger charge is 2.27. The molecule has 0 spiro atoms. The Hall–Kier alpha value is -9.64. The molecule has 2 aromatic heterocycles. The Labute approximate surface area is 416 Å². The fourth-order valence-electron chi connectivity index (χ4n) is 10.9. The average Bonchev–Trinajstić information content (AvgIpc) is 4.04. The van der Waals surface area contributed by atoms with Crippen LogP contribution in [0.1, 0.15) is 0 Å². The molecule has 0 saturated heterocycles. The molecule has 0 atom stereocenters. The molecule has 72 heavy (non-hydrogen) atoms. The van der Waals surface area contributed by atoms with E-state index in [4.69, 9.17) is 8.83 Å². The highest BCUT2D eigenvalue weighted by atomic mass is 16.3. The summed E-state index contributed by atoms with van der Waals surface area (Å²) in [5, 5.41) is 9.05. The Morgan fingerprint density at radius 2 is 0.722 bits per heavy atom. The maximum absolute atomic E-state index is 6.76. The first-order valence-electron chi connectivity index (χ1n) is 24.5. The lowest BCUT2D eigenvalue weighted by atomic mass is 9.96. The molecule has 14 rings (SSSR count). The van der Waals surface area contributed by atoms with Gasteiger partial charge >= 0.3 is 0 Å². The van der Waals surface area contributed by atoms with E-state index in [0.29, 0.717) is 0 Å². The fraction of sp³-hybridized carbons (Fsp3) is 0. The summed E-state index contributed by atoms with van der Waals surface area (Å²) in [6.07, 6.45) is 0. The van der Waals surface area contributed by atoms with Gasteiger partial charge in [-0.3, -0.25) is 0 Å². The van der Waals surface area contributed by atoms with Gasteiger partial charge in [0.15, 0.2) is 0 Å². The standard InChI is InChI=1S/C68H44N2O2/c1-2-17-45(18-3-1)50-22-14-23-53(44-50)70(60-30-15-33-63-66(60)57-27-10-13-32-62(57)71-63)59-29-12-9-26-56(59)55-25-8-11-28-58(55)69(52-40-37-47(38-41-52)51-36-35-46-19-4-5-21-49(46)43-51)61-31-16-34-64-68(61)67-54-24-7-6-20-48(54)39-42-65(67)72-64/h1-44H. The van der Waals surface area contributed by atoms with E-state index in [1.165, 1.54) is 21.7 Å². The van der Waals surface area contributed by atoms with Crippen LogP contribution < -0.4 is 9.80 Å². The first kappa shape index (κ1) is 41.3. The molecular weight excluding hydrogens is 877 g/mol. The second-order valence-electron chi connectivity index (χ2n) is 18.4. The molecule has 2 heterocycles. The topological polar surface area (TPSA) is 32.8 Å². The lowest BCUT2D eigenvalue weighted by Gasteiger charge is -2.32. The maximum Gasteiger partial charge on any atom is 0.137 e. The van der Waals surface area contributed by atoms with Crippen molar-refractivity contribution in [3.63, 3.8) is 0 Å². The summed E-state index contributed by atoms with van der Waals surface area (Å²) in [6, 6.07) is 95.5. The summed E-state index contributed by atoms with van der Waals surface area (Å²) in [4.78, 5) is 4.85. The van der Waals surface area contributed by atoms with Crippen LogP contribution in [0.2, 0.25) is 0 Å². The van der Waals surface area contributed by atoms with Crippen LogP contribution in [0, 0.1) is 0 Å². The van der Waals surface area contributed by atoms with Crippen LogP contribution >= 0.6 is 0 Å². The Kier molecular flexibility index (Phi) is 9.82. The molecule has 4 nitrogen and oxygen atoms in total. The smallest absolute Gasteiger partial charge is 0.137 e. The normalized spacial score (nSPS) is 11.6. The van der Waals surface area contributed by atoms with Gasteiger partial charge in [-0.15, -0.1) is 0 Å². The van der Waals surface area contributed by atoms with Crippen molar-refractivity contribution in [1.82, 2.24) is 0 Å². The number of nitrogens with zero attached hydrogens (tertiary/aromatic N) is 2. The van der Waals surface area contributed by atoms with E-state index in [1.807, 2.05) is 6.07 Å². The number of para-hydroxylation sites is 3. The Bertz CT molecular complexity index is 4360. The van der Waals surface area contributed by atoms with Gasteiger partial charge in [0.05, 0.1) is 33.5 Å². The molecule has 14 aromatic rings. The van der Waals surface area contributed by atoms with Crippen LogP contribution in [-0.2, 0) is 0 Å². The Morgan fingerprint density at radius 3 is 1.50 bits per heavy atom. The van der Waals surface area contributed by atoms with Crippen molar-refractivity contribution in [1.29, 1.82) is 0 Å². The van der Waals surface area contributed by atoms with Crippen molar-refractivity contribution in [2.45, 2.75) is 0 Å². The van der Waals surface area contributed by atoms with Crippen LogP contribution in [0.3, 0.4) is 0 Å². The third-order valence-electron chi connectivity index (χ3n) is 14.2. The van der Waals surface area contributed by atoms with Crippen LogP contribution in [0.5, 0.6) is 0 Å². The van der Waals surface area contributed by atoms with E-state index in [2.05, 4.69) is 271 Å². The van der Waals surface area contributed by atoms with Gasteiger partial charge in [-0.1, -0.05) is 188 Å². The zero-order valence-electron chi connectivity index (χ0n) is 39.1. The van der Waals surface area contributed by atoms with E-state index in [0.717, 1.165) is 111 Å². The summed E-state index contributed by atoms with van der Waals surface area (Å²) < 4.78 is 13.3. The van der Waals surface area contributed by atoms with Gasteiger partial charge in [0.2, 0.25) is 0 Å². The number of hydrogen-bond donors (Lipinski definition) is 0. The van der Waals surface area contributed by atoms with Gasteiger partial charge in [0.25, 0.3) is 0 Å². The van der Waals surface area contributed by atoms with E-state index < -0.39 is 0 Å². The number of anilines is 6. The van der Waals surface area contributed by atoms with Crippen molar-refractivity contribution in [3.05, 3.63) is 267 Å². The predicted molar refractivity (Wildman–Crippen MR) is 302 cm³/mol. The monoisotopic (exact) mass is 920 g/mol. The number of furan rings is 2. The van der Waals surface area contributed by atoms with Crippen LogP contribution in [0.15, 0.2) is 276 Å². The molecule has 0 amide bonds. The third-order valence-corrected chi connectivity index (χ3v) is 14.2. The van der Waals surface area contributed by atoms with E-state index in [9.17, 15) is 0 Å². The third kappa shape index (κ3) is 6.92. The van der Waals surface area contributed by atoms with Crippen molar-refractivity contribution in [2.24, 2.45) is 0 Å². The number of rotatable bonds is 9. The Morgan fingerprint density at radius 1 is 0.236 bits per heavy atom. The van der Waals surface area contributed by atoms with Crippen LogP contribution in [-0.4, -0.2) is 0 Å². The fourth-order valence-corrected chi connectivity index (χ4v) is 10.9. The minimum absolute atomic E-state index is 0.833. The summed E-state index contributed by atoms with van der Waals surface area (Å²) in [6.45, 7) is 0. The molecule has 0 aliphatic heterocycles. The van der Waals surface area contributed by atoms with Gasteiger partial charge in [-0.2, -0.15) is 0 Å². The molecule has 0 bridgehead atoms. The quantitative estimate of drug-likeness (QED) is 0.144. The minimum atomic E-state index is 0.833. The van der Waals surface area contributed by atoms with E-state index in [1.54, 1.807) is 0 Å². The van der Waals surface area contributed by atoms with Gasteiger partial charge in [0, 0.05) is 33.3 Å². The second kappa shape index (κ2) is 17.1. The lowest BCUT2D eigenvalue weighted by molar-refractivity contribution is 0.668. The molecule has 0 N–H and O–H groups in total. The molecular formula is C68H44N2O2. The van der Waals surface area contributed by atoms with E-state index in [-0.39, 0.29) is 0 Å².